The van der Waals surface area contributed by atoms with E-state index in [9.17, 15) is 9.59 Å². The summed E-state index contributed by atoms with van der Waals surface area (Å²) >= 11 is 0. The highest BCUT2D eigenvalue weighted by Gasteiger charge is 2.46. The molecule has 1 aliphatic heterocycles. The van der Waals surface area contributed by atoms with E-state index in [1.807, 2.05) is 24.3 Å². The Morgan fingerprint density at radius 2 is 1.83 bits per heavy atom. The van der Waals surface area contributed by atoms with Crippen molar-refractivity contribution >= 4 is 17.3 Å². The topological polar surface area (TPSA) is 43.4 Å². The number of benzene rings is 1. The standard InChI is InChI=1S/C15H10O3/c16-13-8-4-1-2-5-9(8)15-12(14(13)17)10-6-3-7-11(10)18-15/h1-5,7,10-11H,6H2. The van der Waals surface area contributed by atoms with E-state index in [-0.39, 0.29) is 17.8 Å². The lowest BCUT2D eigenvalue weighted by atomic mass is 9.83. The van der Waals surface area contributed by atoms with Gasteiger partial charge in [0.2, 0.25) is 11.6 Å². The summed E-state index contributed by atoms with van der Waals surface area (Å²) in [6, 6.07) is 7.16. The fourth-order valence-corrected chi connectivity index (χ4v) is 3.00. The summed E-state index contributed by atoms with van der Waals surface area (Å²) in [6.07, 6.45) is 4.70. The van der Waals surface area contributed by atoms with Crippen LogP contribution in [0, 0.1) is 5.92 Å². The van der Waals surface area contributed by atoms with Gasteiger partial charge in [-0.05, 0) is 12.5 Å². The van der Waals surface area contributed by atoms with Crippen molar-refractivity contribution in [2.45, 2.75) is 12.5 Å². The maximum Gasteiger partial charge on any atom is 0.234 e. The Morgan fingerprint density at radius 1 is 1.06 bits per heavy atom. The molecule has 88 valence electrons. The first-order valence-corrected chi connectivity index (χ1v) is 6.03. The van der Waals surface area contributed by atoms with Gasteiger partial charge in [-0.3, -0.25) is 9.59 Å². The first-order chi connectivity index (χ1) is 8.77. The third kappa shape index (κ3) is 1.04. The van der Waals surface area contributed by atoms with Crippen LogP contribution in [0.15, 0.2) is 42.0 Å². The number of ketones is 2. The van der Waals surface area contributed by atoms with Crippen LogP contribution in [0.4, 0.5) is 0 Å². The SMILES string of the molecule is O=C1C(=O)c2ccccc2C2=C1C1CC=CC1O2. The van der Waals surface area contributed by atoms with E-state index < -0.39 is 5.78 Å². The molecule has 0 bridgehead atoms. The molecule has 3 aliphatic rings. The van der Waals surface area contributed by atoms with Gasteiger partial charge < -0.3 is 4.74 Å². The fraction of sp³-hybridized carbons (Fsp3) is 0.200. The Hall–Kier alpha value is -2.16. The number of hydrogen-bond donors (Lipinski definition) is 0. The maximum absolute atomic E-state index is 12.2. The van der Waals surface area contributed by atoms with E-state index in [1.54, 1.807) is 12.1 Å². The van der Waals surface area contributed by atoms with E-state index >= 15 is 0 Å². The molecule has 1 aromatic rings. The molecule has 0 radical (unpaired) electrons. The Bertz CT molecular complexity index is 651. The molecule has 2 aliphatic carbocycles. The summed E-state index contributed by atoms with van der Waals surface area (Å²) in [5, 5.41) is 0. The van der Waals surface area contributed by atoms with Crippen LogP contribution in [0.1, 0.15) is 22.3 Å². The predicted octanol–water partition coefficient (Wildman–Crippen LogP) is 2.14. The van der Waals surface area contributed by atoms with Gasteiger partial charge in [0, 0.05) is 17.0 Å². The molecular formula is C15H10O3. The fourth-order valence-electron chi connectivity index (χ4n) is 3.00. The maximum atomic E-state index is 12.2. The molecule has 2 unspecified atom stereocenters. The molecule has 3 nitrogen and oxygen atoms in total. The van der Waals surface area contributed by atoms with Gasteiger partial charge in [0.25, 0.3) is 0 Å². The molecule has 2 atom stereocenters. The minimum absolute atomic E-state index is 0.0322. The summed E-state index contributed by atoms with van der Waals surface area (Å²) in [5.74, 6) is -0.139. The minimum Gasteiger partial charge on any atom is -0.485 e. The number of rotatable bonds is 0. The highest BCUT2D eigenvalue weighted by atomic mass is 16.5. The number of fused-ring (bicyclic) bond motifs is 4. The normalized spacial score (nSPS) is 28.0. The molecule has 0 spiro atoms. The third-order valence-electron chi connectivity index (χ3n) is 3.85. The molecular weight excluding hydrogens is 228 g/mol. The summed E-state index contributed by atoms with van der Waals surface area (Å²) in [4.78, 5) is 24.3. The number of hydrogen-bond acceptors (Lipinski definition) is 3. The third-order valence-corrected chi connectivity index (χ3v) is 3.85. The molecule has 0 aromatic heterocycles. The smallest absolute Gasteiger partial charge is 0.234 e. The highest BCUT2D eigenvalue weighted by Crippen LogP contribution is 2.46. The van der Waals surface area contributed by atoms with Gasteiger partial charge in [-0.25, -0.2) is 0 Å². The number of carbonyl (C=O) groups is 2. The van der Waals surface area contributed by atoms with Crippen molar-refractivity contribution in [2.75, 3.05) is 0 Å². The van der Waals surface area contributed by atoms with Crippen molar-refractivity contribution in [2.24, 2.45) is 5.92 Å². The molecule has 1 heterocycles. The molecule has 0 saturated heterocycles. The quantitative estimate of drug-likeness (QED) is 0.513. The monoisotopic (exact) mass is 238 g/mol. The molecule has 0 fully saturated rings. The summed E-state index contributed by atoms with van der Waals surface area (Å²) in [6.45, 7) is 0. The van der Waals surface area contributed by atoms with E-state index in [0.29, 0.717) is 16.9 Å². The van der Waals surface area contributed by atoms with E-state index in [4.69, 9.17) is 4.74 Å². The van der Waals surface area contributed by atoms with Gasteiger partial charge in [0.15, 0.2) is 0 Å². The second-order valence-electron chi connectivity index (χ2n) is 4.80. The van der Waals surface area contributed by atoms with Crippen molar-refractivity contribution in [1.29, 1.82) is 0 Å². The molecule has 0 saturated carbocycles. The number of Topliss-reactive ketones (excluding diaryl/α,β-unsaturated/α-hetero) is 2. The van der Waals surface area contributed by atoms with Crippen LogP contribution in [0.3, 0.4) is 0 Å². The van der Waals surface area contributed by atoms with E-state index in [0.717, 1.165) is 12.0 Å². The summed E-state index contributed by atoms with van der Waals surface area (Å²) in [5.41, 5.74) is 1.80. The van der Waals surface area contributed by atoms with Crippen molar-refractivity contribution in [3.05, 3.63) is 53.1 Å². The van der Waals surface area contributed by atoms with Gasteiger partial charge >= 0.3 is 0 Å². The van der Waals surface area contributed by atoms with E-state index in [2.05, 4.69) is 0 Å². The molecule has 0 amide bonds. The lowest BCUT2D eigenvalue weighted by Gasteiger charge is -2.16. The lowest BCUT2D eigenvalue weighted by molar-refractivity contribution is -0.112. The van der Waals surface area contributed by atoms with Crippen molar-refractivity contribution in [1.82, 2.24) is 0 Å². The number of ether oxygens (including phenoxy) is 1. The molecule has 18 heavy (non-hydrogen) atoms. The van der Waals surface area contributed by atoms with Crippen LogP contribution in [0.2, 0.25) is 0 Å². The van der Waals surface area contributed by atoms with Gasteiger partial charge in [0.05, 0.1) is 5.57 Å². The predicted molar refractivity (Wildman–Crippen MR) is 64.8 cm³/mol. The average Bonchev–Trinajstić information content (AvgIpc) is 2.96. The Kier molecular flexibility index (Phi) is 1.74. The van der Waals surface area contributed by atoms with Crippen molar-refractivity contribution in [3.63, 3.8) is 0 Å². The second-order valence-corrected chi connectivity index (χ2v) is 4.80. The highest BCUT2D eigenvalue weighted by molar-refractivity contribution is 6.52. The van der Waals surface area contributed by atoms with Crippen LogP contribution in [0.25, 0.3) is 5.76 Å². The van der Waals surface area contributed by atoms with Gasteiger partial charge in [-0.15, -0.1) is 0 Å². The molecule has 0 N–H and O–H groups in total. The van der Waals surface area contributed by atoms with Crippen LogP contribution < -0.4 is 0 Å². The Morgan fingerprint density at radius 3 is 2.67 bits per heavy atom. The van der Waals surface area contributed by atoms with Crippen LogP contribution >= 0.6 is 0 Å². The van der Waals surface area contributed by atoms with Gasteiger partial charge in [0.1, 0.15) is 11.9 Å². The van der Waals surface area contributed by atoms with Crippen molar-refractivity contribution < 1.29 is 14.3 Å². The summed E-state index contributed by atoms with van der Waals surface area (Å²) < 4.78 is 5.85. The first kappa shape index (κ1) is 9.83. The van der Waals surface area contributed by atoms with Crippen LogP contribution in [-0.4, -0.2) is 17.7 Å². The Balaban J connectivity index is 1.97. The van der Waals surface area contributed by atoms with Gasteiger partial charge in [-0.2, -0.15) is 0 Å². The number of carbonyl (C=O) groups excluding carboxylic acids is 2. The van der Waals surface area contributed by atoms with Gasteiger partial charge in [-0.1, -0.05) is 30.3 Å². The number of allylic oxidation sites excluding steroid dienone is 1. The molecule has 3 heteroatoms. The van der Waals surface area contributed by atoms with Crippen LogP contribution in [0.5, 0.6) is 0 Å². The summed E-state index contributed by atoms with van der Waals surface area (Å²) in [7, 11) is 0. The molecule has 4 rings (SSSR count). The zero-order valence-corrected chi connectivity index (χ0v) is 9.55. The average molecular weight is 238 g/mol. The first-order valence-electron chi connectivity index (χ1n) is 6.03. The molecule has 1 aromatic carbocycles. The largest absolute Gasteiger partial charge is 0.485 e. The second kappa shape index (κ2) is 3.19. The Labute approximate surface area is 104 Å². The van der Waals surface area contributed by atoms with Crippen LogP contribution in [-0.2, 0) is 9.53 Å². The lowest BCUT2D eigenvalue weighted by Crippen LogP contribution is -2.25. The minimum atomic E-state index is -0.402. The zero-order chi connectivity index (χ0) is 12.3. The van der Waals surface area contributed by atoms with Crippen molar-refractivity contribution in [3.8, 4) is 0 Å². The zero-order valence-electron chi connectivity index (χ0n) is 9.55. The van der Waals surface area contributed by atoms with E-state index in [1.165, 1.54) is 0 Å².